The largest absolute Gasteiger partial charge is 0.459 e. The van der Waals surface area contributed by atoms with Gasteiger partial charge in [0.15, 0.2) is 12.4 Å². The Labute approximate surface area is 176 Å². The van der Waals surface area contributed by atoms with Crippen LogP contribution in [0.1, 0.15) is 5.56 Å². The lowest BCUT2D eigenvalue weighted by Crippen LogP contribution is -2.56. The van der Waals surface area contributed by atoms with Crippen LogP contribution in [0.3, 0.4) is 0 Å². The summed E-state index contributed by atoms with van der Waals surface area (Å²) < 4.78 is 15.1. The van der Waals surface area contributed by atoms with Gasteiger partial charge < -0.3 is 54.8 Å². The van der Waals surface area contributed by atoms with Crippen LogP contribution in [0.4, 0.5) is 0 Å². The van der Waals surface area contributed by atoms with Crippen LogP contribution < -0.4 is 0 Å². The molecule has 1 aliphatic heterocycles. The zero-order valence-corrected chi connectivity index (χ0v) is 16.3. The molecule has 0 spiro atoms. The molecule has 2 rings (SSSR count). The van der Waals surface area contributed by atoms with Crippen molar-refractivity contribution in [2.45, 2.75) is 55.1 Å². The zero-order valence-electron chi connectivity index (χ0n) is 16.3. The molecule has 1 saturated heterocycles. The number of hydrogen-bond donors (Lipinski definition) is 7. The molecule has 0 unspecified atom stereocenters. The first kappa shape index (κ1) is 25.3. The molecule has 0 aliphatic carbocycles. The average Bonchev–Trinajstić information content (AvgIpc) is 3.05. The van der Waals surface area contributed by atoms with Crippen LogP contribution in [0.15, 0.2) is 30.3 Å². The number of hydrogen-bond acceptors (Lipinski definition) is 12. The minimum Gasteiger partial charge on any atom is -0.459 e. The van der Waals surface area contributed by atoms with Crippen molar-refractivity contribution in [2.24, 2.45) is 0 Å². The third kappa shape index (κ3) is 5.63. The molecule has 0 aromatic heterocycles. The first-order chi connectivity index (χ1) is 14.7. The molecule has 12 heteroatoms. The van der Waals surface area contributed by atoms with E-state index in [0.29, 0.717) is 5.56 Å². The van der Waals surface area contributed by atoms with Gasteiger partial charge in [0.2, 0.25) is 5.79 Å². The average molecular weight is 446 g/mol. The normalized spacial score (nSPS) is 29.7. The second kappa shape index (κ2) is 11.0. The Morgan fingerprint density at radius 2 is 1.77 bits per heavy atom. The smallest absolute Gasteiger partial charge is 0.338 e. The van der Waals surface area contributed by atoms with Gasteiger partial charge in [-0.2, -0.15) is 0 Å². The van der Waals surface area contributed by atoms with Crippen molar-refractivity contribution >= 4 is 12.3 Å². The molecule has 12 nitrogen and oxygen atoms in total. The highest BCUT2D eigenvalue weighted by atomic mass is 16.7. The summed E-state index contributed by atoms with van der Waals surface area (Å²) >= 11 is 0. The van der Waals surface area contributed by atoms with Crippen molar-refractivity contribution < 1.29 is 59.5 Å². The van der Waals surface area contributed by atoms with Gasteiger partial charge in [-0.05, 0) is 5.56 Å². The fourth-order valence-electron chi connectivity index (χ4n) is 3.01. The number of aliphatic hydroxyl groups excluding tert-OH is 7. The van der Waals surface area contributed by atoms with Crippen molar-refractivity contribution in [1.82, 2.24) is 0 Å². The fraction of sp³-hybridized carbons (Fsp3) is 0.579. The number of rotatable bonds is 11. The molecule has 1 aliphatic rings. The second-order valence-electron chi connectivity index (χ2n) is 6.98. The van der Waals surface area contributed by atoms with E-state index in [1.807, 2.05) is 0 Å². The van der Waals surface area contributed by atoms with Crippen molar-refractivity contribution in [3.05, 3.63) is 35.9 Å². The number of aldehydes is 1. The van der Waals surface area contributed by atoms with Gasteiger partial charge in [0.25, 0.3) is 0 Å². The van der Waals surface area contributed by atoms with Gasteiger partial charge >= 0.3 is 5.97 Å². The van der Waals surface area contributed by atoms with Crippen LogP contribution in [0.5, 0.6) is 0 Å². The monoisotopic (exact) mass is 446 g/mol. The lowest BCUT2D eigenvalue weighted by atomic mass is 10.0. The molecule has 8 atom stereocenters. The molecular weight excluding hydrogens is 420 g/mol. The fourth-order valence-corrected chi connectivity index (χ4v) is 3.01. The Hall–Kier alpha value is -2.00. The lowest BCUT2D eigenvalue weighted by Gasteiger charge is -2.35. The standard InChI is InChI=1S/C19H26O12/c20-6-11(30-19(9-22)17(27)14(24)12(7-21)31-19)13(23)15(25)16(26)18(28)29-8-10-4-2-1-3-5-10/h1-6,11-17,21-27H,7-9H2/t11-,12+,13+,14+,15+,16-,17-,19+/m0/s1. The Morgan fingerprint density at radius 1 is 1.13 bits per heavy atom. The van der Waals surface area contributed by atoms with Gasteiger partial charge in [-0.25, -0.2) is 4.79 Å². The molecule has 1 aromatic rings. The summed E-state index contributed by atoms with van der Waals surface area (Å²) in [5.41, 5.74) is 0.599. The minimum absolute atomic E-state index is 0.0257. The quantitative estimate of drug-likeness (QED) is 0.129. The van der Waals surface area contributed by atoms with Crippen molar-refractivity contribution in [3.63, 3.8) is 0 Å². The van der Waals surface area contributed by atoms with E-state index in [2.05, 4.69) is 0 Å². The third-order valence-corrected chi connectivity index (χ3v) is 4.85. The lowest BCUT2D eigenvalue weighted by molar-refractivity contribution is -0.301. The van der Waals surface area contributed by atoms with E-state index in [0.717, 1.165) is 0 Å². The molecule has 0 amide bonds. The zero-order chi connectivity index (χ0) is 23.2. The highest BCUT2D eigenvalue weighted by Gasteiger charge is 2.57. The van der Waals surface area contributed by atoms with E-state index in [1.54, 1.807) is 30.3 Å². The van der Waals surface area contributed by atoms with Gasteiger partial charge in [0, 0.05) is 0 Å². The summed E-state index contributed by atoms with van der Waals surface area (Å²) in [5.74, 6) is -3.71. The molecule has 0 radical (unpaired) electrons. The van der Waals surface area contributed by atoms with Crippen LogP contribution in [0.2, 0.25) is 0 Å². The van der Waals surface area contributed by atoms with Gasteiger partial charge in [-0.1, -0.05) is 30.3 Å². The number of esters is 1. The molecule has 1 heterocycles. The van der Waals surface area contributed by atoms with Gasteiger partial charge in [-0.15, -0.1) is 0 Å². The number of benzene rings is 1. The molecule has 31 heavy (non-hydrogen) atoms. The van der Waals surface area contributed by atoms with Crippen LogP contribution in [0.25, 0.3) is 0 Å². The van der Waals surface area contributed by atoms with Crippen molar-refractivity contribution in [2.75, 3.05) is 13.2 Å². The number of aliphatic hydroxyl groups is 7. The number of ether oxygens (including phenoxy) is 3. The summed E-state index contributed by atoms with van der Waals surface area (Å²) in [4.78, 5) is 23.4. The van der Waals surface area contributed by atoms with E-state index in [-0.39, 0.29) is 12.9 Å². The summed E-state index contributed by atoms with van der Waals surface area (Å²) in [7, 11) is 0. The summed E-state index contributed by atoms with van der Waals surface area (Å²) in [6, 6.07) is 8.43. The molecular formula is C19H26O12. The van der Waals surface area contributed by atoms with Crippen LogP contribution >= 0.6 is 0 Å². The molecule has 174 valence electrons. The predicted octanol–water partition coefficient (Wildman–Crippen LogP) is -3.80. The summed E-state index contributed by atoms with van der Waals surface area (Å²) in [6.07, 6.45) is -13.8. The highest BCUT2D eigenvalue weighted by molar-refractivity contribution is 5.75. The maximum Gasteiger partial charge on any atom is 0.338 e. The Kier molecular flexibility index (Phi) is 9.00. The molecule has 1 fully saturated rings. The van der Waals surface area contributed by atoms with Gasteiger partial charge in [0.1, 0.15) is 49.8 Å². The van der Waals surface area contributed by atoms with E-state index >= 15 is 0 Å². The Bertz CT molecular complexity index is 715. The van der Waals surface area contributed by atoms with Crippen molar-refractivity contribution in [3.8, 4) is 0 Å². The van der Waals surface area contributed by atoms with Crippen LogP contribution in [-0.4, -0.2) is 110 Å². The number of carbonyl (C=O) groups is 2. The first-order valence-electron chi connectivity index (χ1n) is 9.34. The molecule has 0 bridgehead atoms. The number of carbonyl (C=O) groups excluding carboxylic acids is 2. The van der Waals surface area contributed by atoms with Crippen LogP contribution in [-0.2, 0) is 30.4 Å². The van der Waals surface area contributed by atoms with E-state index in [4.69, 9.17) is 19.3 Å². The molecule has 1 aromatic carbocycles. The topological polar surface area (TPSA) is 203 Å². The summed E-state index contributed by atoms with van der Waals surface area (Å²) in [6.45, 7) is -2.08. The van der Waals surface area contributed by atoms with Gasteiger partial charge in [-0.3, -0.25) is 0 Å². The first-order valence-corrected chi connectivity index (χ1v) is 9.34. The van der Waals surface area contributed by atoms with E-state index in [1.165, 1.54) is 0 Å². The highest BCUT2D eigenvalue weighted by Crippen LogP contribution is 2.33. The van der Waals surface area contributed by atoms with E-state index < -0.39 is 67.7 Å². The Morgan fingerprint density at radius 3 is 2.29 bits per heavy atom. The Balaban J connectivity index is 2.03. The van der Waals surface area contributed by atoms with Crippen LogP contribution in [0, 0.1) is 0 Å². The second-order valence-corrected chi connectivity index (χ2v) is 6.98. The predicted molar refractivity (Wildman–Crippen MR) is 99.0 cm³/mol. The molecule has 0 saturated carbocycles. The minimum atomic E-state index is -2.42. The SMILES string of the molecule is O=C[C@H](O[C@]1(CO)O[C@H](CO)[C@@H](O)[C@@H]1O)[C@@H](O)[C@@H](O)[C@H](O)C(=O)OCc1ccccc1. The summed E-state index contributed by atoms with van der Waals surface area (Å²) in [5, 5.41) is 69.0. The van der Waals surface area contributed by atoms with Crippen molar-refractivity contribution in [1.29, 1.82) is 0 Å². The third-order valence-electron chi connectivity index (χ3n) is 4.85. The molecule has 7 N–H and O–H groups in total. The maximum atomic E-state index is 12.0. The van der Waals surface area contributed by atoms with Gasteiger partial charge in [0.05, 0.1) is 6.61 Å². The maximum absolute atomic E-state index is 12.0. The van der Waals surface area contributed by atoms with E-state index in [9.17, 15) is 40.2 Å².